The SMILES string of the molecule is CN(C)S(=O)(=O)N1CCOCC(C(=O)N2CCCCCCN(Cc3ccccc3)CCC2)C1. The molecule has 33 heavy (non-hydrogen) atoms. The maximum Gasteiger partial charge on any atom is 0.281 e. The van der Waals surface area contributed by atoms with Gasteiger partial charge in [-0.25, -0.2) is 0 Å². The summed E-state index contributed by atoms with van der Waals surface area (Å²) in [6.45, 7) is 5.42. The van der Waals surface area contributed by atoms with Crippen LogP contribution in [-0.2, 0) is 26.3 Å². The van der Waals surface area contributed by atoms with E-state index >= 15 is 0 Å². The maximum atomic E-state index is 13.5. The van der Waals surface area contributed by atoms with Gasteiger partial charge in [-0.05, 0) is 31.4 Å². The number of hydrogen-bond acceptors (Lipinski definition) is 5. The Kier molecular flexibility index (Phi) is 10.1. The van der Waals surface area contributed by atoms with Gasteiger partial charge in [0.15, 0.2) is 0 Å². The molecule has 1 aromatic rings. The van der Waals surface area contributed by atoms with Gasteiger partial charge in [0.2, 0.25) is 5.91 Å². The van der Waals surface area contributed by atoms with Crippen LogP contribution in [0.2, 0.25) is 0 Å². The third-order valence-corrected chi connectivity index (χ3v) is 8.39. The second kappa shape index (κ2) is 12.8. The fourth-order valence-corrected chi connectivity index (χ4v) is 5.69. The molecule has 3 rings (SSSR count). The molecule has 9 heteroatoms. The standard InChI is InChI=1S/C24H40N4O4S/c1-25(2)33(30,31)28-17-18-32-21-23(20-28)24(29)27-15-9-4-3-8-13-26(14-10-16-27)19-22-11-6-5-7-12-22/h5-7,11-12,23H,3-4,8-10,13-21H2,1-2H3. The highest BCUT2D eigenvalue weighted by molar-refractivity contribution is 7.86. The number of rotatable bonds is 5. The van der Waals surface area contributed by atoms with Gasteiger partial charge in [0.1, 0.15) is 0 Å². The van der Waals surface area contributed by atoms with Gasteiger partial charge < -0.3 is 9.64 Å². The number of hydrogen-bond donors (Lipinski definition) is 0. The lowest BCUT2D eigenvalue weighted by Gasteiger charge is -2.30. The van der Waals surface area contributed by atoms with Gasteiger partial charge >= 0.3 is 0 Å². The van der Waals surface area contributed by atoms with Crippen molar-refractivity contribution >= 4 is 16.1 Å². The fraction of sp³-hybridized carbons (Fsp3) is 0.708. The Hall–Kier alpha value is -1.52. The predicted octanol–water partition coefficient (Wildman–Crippen LogP) is 2.04. The van der Waals surface area contributed by atoms with Gasteiger partial charge in [0, 0.05) is 53.4 Å². The van der Waals surface area contributed by atoms with Crippen LogP contribution in [0.5, 0.6) is 0 Å². The van der Waals surface area contributed by atoms with Crippen molar-refractivity contribution in [3.8, 4) is 0 Å². The zero-order chi connectivity index (χ0) is 23.7. The summed E-state index contributed by atoms with van der Waals surface area (Å²) in [5.74, 6) is -0.447. The molecule has 8 nitrogen and oxygen atoms in total. The van der Waals surface area contributed by atoms with Crippen LogP contribution < -0.4 is 0 Å². The lowest BCUT2D eigenvalue weighted by molar-refractivity contribution is -0.137. The minimum Gasteiger partial charge on any atom is -0.379 e. The minimum absolute atomic E-state index is 0.0183. The number of amides is 1. The number of carbonyl (C=O) groups is 1. The summed E-state index contributed by atoms with van der Waals surface area (Å²) in [5, 5.41) is 0. The van der Waals surface area contributed by atoms with E-state index in [1.807, 2.05) is 11.0 Å². The lowest BCUT2D eigenvalue weighted by Crippen LogP contribution is -2.47. The van der Waals surface area contributed by atoms with E-state index < -0.39 is 16.1 Å². The first-order valence-electron chi connectivity index (χ1n) is 12.2. The van der Waals surface area contributed by atoms with Gasteiger partial charge in [-0.15, -0.1) is 0 Å². The first-order valence-corrected chi connectivity index (χ1v) is 13.6. The number of ether oxygens (including phenoxy) is 1. The number of nitrogens with zero attached hydrogens (tertiary/aromatic N) is 4. The smallest absolute Gasteiger partial charge is 0.281 e. The Balaban J connectivity index is 1.63. The van der Waals surface area contributed by atoms with Crippen LogP contribution in [0, 0.1) is 5.92 Å². The Morgan fingerprint density at radius 3 is 2.36 bits per heavy atom. The highest BCUT2D eigenvalue weighted by atomic mass is 32.2. The van der Waals surface area contributed by atoms with Crippen LogP contribution in [0.4, 0.5) is 0 Å². The van der Waals surface area contributed by atoms with Crippen LogP contribution in [0.3, 0.4) is 0 Å². The van der Waals surface area contributed by atoms with Crippen LogP contribution in [0.15, 0.2) is 30.3 Å². The third kappa shape index (κ3) is 7.75. The van der Waals surface area contributed by atoms with Gasteiger partial charge in [-0.1, -0.05) is 43.2 Å². The fourth-order valence-electron chi connectivity index (χ4n) is 4.55. The van der Waals surface area contributed by atoms with Crippen LogP contribution >= 0.6 is 0 Å². The van der Waals surface area contributed by atoms with E-state index in [0.717, 1.165) is 51.9 Å². The molecule has 0 aliphatic carbocycles. The van der Waals surface area contributed by atoms with Crippen LogP contribution in [-0.4, -0.2) is 99.3 Å². The molecule has 0 saturated carbocycles. The van der Waals surface area contributed by atoms with Crippen LogP contribution in [0.1, 0.15) is 37.7 Å². The van der Waals surface area contributed by atoms with Crippen molar-refractivity contribution in [3.63, 3.8) is 0 Å². The van der Waals surface area contributed by atoms with E-state index in [-0.39, 0.29) is 25.6 Å². The van der Waals surface area contributed by atoms with Crippen LogP contribution in [0.25, 0.3) is 0 Å². The highest BCUT2D eigenvalue weighted by Gasteiger charge is 2.34. The molecule has 2 fully saturated rings. The van der Waals surface area contributed by atoms with Gasteiger partial charge in [-0.3, -0.25) is 9.69 Å². The molecule has 1 aromatic carbocycles. The van der Waals surface area contributed by atoms with Crippen molar-refractivity contribution in [1.82, 2.24) is 18.4 Å². The first kappa shape index (κ1) is 26.1. The largest absolute Gasteiger partial charge is 0.379 e. The molecule has 0 bridgehead atoms. The Morgan fingerprint density at radius 2 is 1.64 bits per heavy atom. The van der Waals surface area contributed by atoms with Crippen molar-refractivity contribution in [2.24, 2.45) is 5.92 Å². The average molecular weight is 481 g/mol. The van der Waals surface area contributed by atoms with Gasteiger partial charge in [0.05, 0.1) is 19.1 Å². The average Bonchev–Trinajstić information content (AvgIpc) is 3.08. The lowest BCUT2D eigenvalue weighted by atomic mass is 10.1. The van der Waals surface area contributed by atoms with E-state index in [2.05, 4.69) is 29.2 Å². The second-order valence-electron chi connectivity index (χ2n) is 9.27. The summed E-state index contributed by atoms with van der Waals surface area (Å²) in [6.07, 6.45) is 5.33. The zero-order valence-electron chi connectivity index (χ0n) is 20.2. The Labute approximate surface area is 199 Å². The summed E-state index contributed by atoms with van der Waals surface area (Å²) >= 11 is 0. The summed E-state index contributed by atoms with van der Waals surface area (Å²) in [5.41, 5.74) is 1.32. The van der Waals surface area contributed by atoms with E-state index in [1.54, 1.807) is 0 Å². The first-order chi connectivity index (χ1) is 15.9. The molecule has 0 N–H and O–H groups in total. The van der Waals surface area contributed by atoms with Crippen molar-refractivity contribution in [3.05, 3.63) is 35.9 Å². The monoisotopic (exact) mass is 480 g/mol. The Bertz CT molecular complexity index is 834. The molecule has 1 atom stereocenters. The molecule has 0 spiro atoms. The molecule has 186 valence electrons. The molecule has 0 aromatic heterocycles. The molecule has 2 heterocycles. The molecule has 2 aliphatic heterocycles. The number of benzene rings is 1. The normalized spacial score (nSPS) is 23.1. The predicted molar refractivity (Wildman–Crippen MR) is 130 cm³/mol. The quantitative estimate of drug-likeness (QED) is 0.645. The molecule has 2 aliphatic rings. The molecule has 1 unspecified atom stereocenters. The van der Waals surface area contributed by atoms with Crippen molar-refractivity contribution < 1.29 is 17.9 Å². The van der Waals surface area contributed by atoms with E-state index in [1.165, 1.54) is 34.7 Å². The topological polar surface area (TPSA) is 73.4 Å². The molecular weight excluding hydrogens is 440 g/mol. The molecule has 1 amide bonds. The minimum atomic E-state index is -3.58. The summed E-state index contributed by atoms with van der Waals surface area (Å²) < 4.78 is 33.5. The summed E-state index contributed by atoms with van der Waals surface area (Å²) in [7, 11) is -0.535. The van der Waals surface area contributed by atoms with Crippen molar-refractivity contribution in [2.45, 2.75) is 38.6 Å². The third-order valence-electron chi connectivity index (χ3n) is 6.48. The molecule has 0 radical (unpaired) electrons. The number of carbonyl (C=O) groups excluding carboxylic acids is 1. The Morgan fingerprint density at radius 1 is 0.970 bits per heavy atom. The van der Waals surface area contributed by atoms with E-state index in [9.17, 15) is 13.2 Å². The second-order valence-corrected chi connectivity index (χ2v) is 11.4. The zero-order valence-corrected chi connectivity index (χ0v) is 21.0. The van der Waals surface area contributed by atoms with E-state index in [4.69, 9.17) is 4.74 Å². The van der Waals surface area contributed by atoms with Gasteiger partial charge in [-0.2, -0.15) is 17.0 Å². The summed E-state index contributed by atoms with van der Waals surface area (Å²) in [4.78, 5) is 17.9. The van der Waals surface area contributed by atoms with Crippen molar-refractivity contribution in [1.29, 1.82) is 0 Å². The van der Waals surface area contributed by atoms with Gasteiger partial charge in [0.25, 0.3) is 10.2 Å². The van der Waals surface area contributed by atoms with Crippen molar-refractivity contribution in [2.75, 3.05) is 66.6 Å². The maximum absolute atomic E-state index is 13.5. The summed E-state index contributed by atoms with van der Waals surface area (Å²) in [6, 6.07) is 10.5. The highest BCUT2D eigenvalue weighted by Crippen LogP contribution is 2.17. The molecular formula is C24H40N4O4S. The van der Waals surface area contributed by atoms with E-state index in [0.29, 0.717) is 13.2 Å². The molecule has 2 saturated heterocycles.